The van der Waals surface area contributed by atoms with E-state index in [-0.39, 0.29) is 17.5 Å². The minimum atomic E-state index is -0.279. The third-order valence-corrected chi connectivity index (χ3v) is 4.41. The molecule has 0 spiro atoms. The van der Waals surface area contributed by atoms with Crippen LogP contribution in [0.25, 0.3) is 0 Å². The van der Waals surface area contributed by atoms with Crippen LogP contribution in [0.4, 0.5) is 5.69 Å². The SMILES string of the molecule is CCc1cccc(C)c1N/C=C(/C#N)C(=O)NC1CCCCC1. The maximum atomic E-state index is 12.3. The van der Waals surface area contributed by atoms with E-state index in [9.17, 15) is 10.1 Å². The molecule has 1 aliphatic rings. The molecule has 0 bridgehead atoms. The summed E-state index contributed by atoms with van der Waals surface area (Å²) in [6.45, 7) is 4.11. The van der Waals surface area contributed by atoms with Gasteiger partial charge in [0.15, 0.2) is 0 Å². The van der Waals surface area contributed by atoms with E-state index >= 15 is 0 Å². The van der Waals surface area contributed by atoms with Gasteiger partial charge in [-0.1, -0.05) is 44.4 Å². The first kappa shape index (κ1) is 17.1. The second-order valence-corrected chi connectivity index (χ2v) is 6.09. The van der Waals surface area contributed by atoms with Crippen LogP contribution in [-0.2, 0) is 11.2 Å². The van der Waals surface area contributed by atoms with Gasteiger partial charge in [0.2, 0.25) is 0 Å². The van der Waals surface area contributed by atoms with E-state index in [4.69, 9.17) is 0 Å². The Hall–Kier alpha value is -2.28. The molecule has 0 atom stereocenters. The number of rotatable bonds is 5. The Kier molecular flexibility index (Phi) is 6.22. The van der Waals surface area contributed by atoms with Gasteiger partial charge in [-0.2, -0.15) is 5.26 Å². The number of amides is 1. The van der Waals surface area contributed by atoms with Crippen molar-refractivity contribution in [2.75, 3.05) is 5.32 Å². The molecule has 0 aromatic heterocycles. The quantitative estimate of drug-likeness (QED) is 0.641. The first-order valence-electron chi connectivity index (χ1n) is 8.41. The van der Waals surface area contributed by atoms with E-state index in [1.165, 1.54) is 18.2 Å². The summed E-state index contributed by atoms with van der Waals surface area (Å²) in [7, 11) is 0. The normalized spacial score (nSPS) is 15.8. The summed E-state index contributed by atoms with van der Waals surface area (Å²) in [6, 6.07) is 8.30. The highest BCUT2D eigenvalue weighted by Gasteiger charge is 2.18. The lowest BCUT2D eigenvalue weighted by Gasteiger charge is -2.22. The molecule has 2 N–H and O–H groups in total. The van der Waals surface area contributed by atoms with Crippen LogP contribution in [0.5, 0.6) is 0 Å². The Balaban J connectivity index is 2.07. The molecule has 1 aliphatic carbocycles. The van der Waals surface area contributed by atoms with Gasteiger partial charge in [0.25, 0.3) is 5.91 Å². The van der Waals surface area contributed by atoms with Crippen LogP contribution in [-0.4, -0.2) is 11.9 Å². The maximum Gasteiger partial charge on any atom is 0.263 e. The average Bonchev–Trinajstić information content (AvgIpc) is 2.57. The van der Waals surface area contributed by atoms with Crippen molar-refractivity contribution in [3.05, 3.63) is 41.1 Å². The molecule has 2 rings (SSSR count). The predicted octanol–water partition coefficient (Wildman–Crippen LogP) is 3.83. The summed E-state index contributed by atoms with van der Waals surface area (Å²) >= 11 is 0. The highest BCUT2D eigenvalue weighted by atomic mass is 16.1. The van der Waals surface area contributed by atoms with Crippen LogP contribution < -0.4 is 10.6 Å². The number of nitrogens with zero attached hydrogens (tertiary/aromatic N) is 1. The molecule has 1 amide bonds. The van der Waals surface area contributed by atoms with E-state index in [2.05, 4.69) is 23.6 Å². The van der Waals surface area contributed by atoms with Crippen LogP contribution in [0.2, 0.25) is 0 Å². The van der Waals surface area contributed by atoms with Gasteiger partial charge in [0, 0.05) is 17.9 Å². The van der Waals surface area contributed by atoms with E-state index in [0.29, 0.717) is 0 Å². The third-order valence-electron chi connectivity index (χ3n) is 4.41. The van der Waals surface area contributed by atoms with Gasteiger partial charge in [-0.05, 0) is 37.3 Å². The number of nitriles is 1. The molecular formula is C19H25N3O. The zero-order chi connectivity index (χ0) is 16.7. The topological polar surface area (TPSA) is 64.9 Å². The minimum Gasteiger partial charge on any atom is -0.360 e. The van der Waals surface area contributed by atoms with Crippen molar-refractivity contribution in [1.82, 2.24) is 5.32 Å². The number of carbonyl (C=O) groups is 1. The molecule has 0 heterocycles. The predicted molar refractivity (Wildman–Crippen MR) is 92.9 cm³/mol. The van der Waals surface area contributed by atoms with Gasteiger partial charge in [0.1, 0.15) is 11.6 Å². The Bertz CT molecular complexity index is 622. The summed E-state index contributed by atoms with van der Waals surface area (Å²) in [4.78, 5) is 12.3. The molecule has 0 radical (unpaired) electrons. The number of benzene rings is 1. The fourth-order valence-corrected chi connectivity index (χ4v) is 3.03. The Morgan fingerprint density at radius 1 is 1.35 bits per heavy atom. The Labute approximate surface area is 138 Å². The van der Waals surface area contributed by atoms with Gasteiger partial charge < -0.3 is 10.6 Å². The summed E-state index contributed by atoms with van der Waals surface area (Å²) in [5.41, 5.74) is 3.38. The van der Waals surface area contributed by atoms with E-state index in [1.807, 2.05) is 25.1 Å². The minimum absolute atomic E-state index is 0.126. The van der Waals surface area contributed by atoms with Crippen molar-refractivity contribution in [3.63, 3.8) is 0 Å². The van der Waals surface area contributed by atoms with Crippen LogP contribution in [0, 0.1) is 18.3 Å². The number of aryl methyl sites for hydroxylation is 2. The van der Waals surface area contributed by atoms with Gasteiger partial charge in [-0.25, -0.2) is 0 Å². The van der Waals surface area contributed by atoms with Crippen LogP contribution in [0.1, 0.15) is 50.2 Å². The lowest BCUT2D eigenvalue weighted by Crippen LogP contribution is -2.37. The molecule has 1 aromatic rings. The first-order chi connectivity index (χ1) is 11.2. The lowest BCUT2D eigenvalue weighted by atomic mass is 9.95. The Morgan fingerprint density at radius 2 is 2.09 bits per heavy atom. The van der Waals surface area contributed by atoms with E-state index in [0.717, 1.165) is 43.4 Å². The van der Waals surface area contributed by atoms with Crippen molar-refractivity contribution in [2.45, 2.75) is 58.4 Å². The molecule has 1 saturated carbocycles. The first-order valence-corrected chi connectivity index (χ1v) is 8.41. The third kappa shape index (κ3) is 4.59. The molecule has 0 aliphatic heterocycles. The van der Waals surface area contributed by atoms with Crippen LogP contribution >= 0.6 is 0 Å². The fourth-order valence-electron chi connectivity index (χ4n) is 3.03. The van der Waals surface area contributed by atoms with Crippen LogP contribution in [0.3, 0.4) is 0 Å². The zero-order valence-corrected chi connectivity index (χ0v) is 14.0. The molecule has 0 saturated heterocycles. The summed E-state index contributed by atoms with van der Waals surface area (Å²) in [6.07, 6.45) is 7.98. The van der Waals surface area contributed by atoms with Crippen molar-refractivity contribution in [1.29, 1.82) is 5.26 Å². The monoisotopic (exact) mass is 311 g/mol. The summed E-state index contributed by atoms with van der Waals surface area (Å²) in [5.74, 6) is -0.279. The molecule has 0 unspecified atom stereocenters. The molecule has 4 nitrogen and oxygen atoms in total. The van der Waals surface area contributed by atoms with Gasteiger partial charge in [-0.3, -0.25) is 4.79 Å². The maximum absolute atomic E-state index is 12.3. The second kappa shape index (κ2) is 8.38. The largest absolute Gasteiger partial charge is 0.360 e. The molecule has 122 valence electrons. The highest BCUT2D eigenvalue weighted by molar-refractivity contribution is 5.97. The van der Waals surface area contributed by atoms with Crippen molar-refractivity contribution >= 4 is 11.6 Å². The number of carbonyl (C=O) groups excluding carboxylic acids is 1. The van der Waals surface area contributed by atoms with Gasteiger partial charge >= 0.3 is 0 Å². The van der Waals surface area contributed by atoms with E-state index < -0.39 is 0 Å². The van der Waals surface area contributed by atoms with Gasteiger partial charge in [-0.15, -0.1) is 0 Å². The standard InChI is InChI=1S/C19H25N3O/c1-3-15-9-7-8-14(2)18(15)21-13-16(12-20)19(23)22-17-10-5-4-6-11-17/h7-9,13,17,21H,3-6,10-11H2,1-2H3,(H,22,23)/b16-13-. The highest BCUT2D eigenvalue weighted by Crippen LogP contribution is 2.21. The second-order valence-electron chi connectivity index (χ2n) is 6.09. The lowest BCUT2D eigenvalue weighted by molar-refractivity contribution is -0.118. The number of anilines is 1. The van der Waals surface area contributed by atoms with Gasteiger partial charge in [0.05, 0.1) is 0 Å². The number of hydrogen-bond donors (Lipinski definition) is 2. The zero-order valence-electron chi connectivity index (χ0n) is 14.0. The fraction of sp³-hybridized carbons (Fsp3) is 0.474. The number of hydrogen-bond acceptors (Lipinski definition) is 3. The number of para-hydroxylation sites is 1. The van der Waals surface area contributed by atoms with Crippen molar-refractivity contribution in [2.24, 2.45) is 0 Å². The molecule has 23 heavy (non-hydrogen) atoms. The smallest absolute Gasteiger partial charge is 0.263 e. The molecule has 1 aromatic carbocycles. The van der Waals surface area contributed by atoms with Crippen molar-refractivity contribution < 1.29 is 4.79 Å². The van der Waals surface area contributed by atoms with Crippen LogP contribution in [0.15, 0.2) is 30.0 Å². The Morgan fingerprint density at radius 3 is 2.74 bits per heavy atom. The average molecular weight is 311 g/mol. The molecular weight excluding hydrogens is 286 g/mol. The van der Waals surface area contributed by atoms with E-state index in [1.54, 1.807) is 0 Å². The molecule has 4 heteroatoms. The van der Waals surface area contributed by atoms with Crippen molar-refractivity contribution in [3.8, 4) is 6.07 Å². The molecule has 1 fully saturated rings. The summed E-state index contributed by atoms with van der Waals surface area (Å²) in [5, 5.41) is 15.4. The number of nitrogens with one attached hydrogen (secondary N) is 2. The summed E-state index contributed by atoms with van der Waals surface area (Å²) < 4.78 is 0.